The van der Waals surface area contributed by atoms with Crippen LogP contribution in [0.2, 0.25) is 5.02 Å². The largest absolute Gasteiger partial charge is 0.482 e. The molecule has 44 heavy (non-hydrogen) atoms. The minimum absolute atomic E-state index is 0.0544. The van der Waals surface area contributed by atoms with Crippen LogP contribution in [0.3, 0.4) is 0 Å². The van der Waals surface area contributed by atoms with Gasteiger partial charge in [-0.1, -0.05) is 54.9 Å². The number of likely N-dealkylation sites (tertiary alicyclic amines) is 1. The summed E-state index contributed by atoms with van der Waals surface area (Å²) in [6.45, 7) is 2.44. The predicted octanol–water partition coefficient (Wildman–Crippen LogP) is 4.70. The molecule has 9 nitrogen and oxygen atoms in total. The lowest BCUT2D eigenvalue weighted by molar-refractivity contribution is -0.139. The molecule has 3 aromatic carbocycles. The van der Waals surface area contributed by atoms with E-state index in [0.717, 1.165) is 18.4 Å². The number of benzene rings is 3. The number of hydrogen-bond donors (Lipinski definition) is 2. The molecule has 1 fully saturated rings. The van der Waals surface area contributed by atoms with Crippen LogP contribution in [-0.4, -0.2) is 58.6 Å². The first-order valence-corrected chi connectivity index (χ1v) is 15.1. The summed E-state index contributed by atoms with van der Waals surface area (Å²) >= 11 is 6.33. The molecule has 3 amide bonds. The Morgan fingerprint density at radius 3 is 2.66 bits per heavy atom. The van der Waals surface area contributed by atoms with Crippen molar-refractivity contribution in [3.8, 4) is 5.75 Å². The maximum absolute atomic E-state index is 14.0. The molecule has 6 rings (SSSR count). The van der Waals surface area contributed by atoms with Crippen molar-refractivity contribution in [1.82, 2.24) is 4.90 Å². The molecule has 2 N–H and O–H groups in total. The molecule has 0 radical (unpaired) electrons. The smallest absolute Gasteiger partial charge is 0.269 e. The Morgan fingerprint density at radius 2 is 1.89 bits per heavy atom. The van der Waals surface area contributed by atoms with Crippen molar-refractivity contribution >= 4 is 46.4 Å². The van der Waals surface area contributed by atoms with Crippen LogP contribution in [0.5, 0.6) is 5.75 Å². The lowest BCUT2D eigenvalue weighted by Gasteiger charge is -2.29. The Bertz CT molecular complexity index is 1630. The normalized spacial score (nSPS) is 21.9. The zero-order valence-corrected chi connectivity index (χ0v) is 25.1. The molecule has 3 aliphatic heterocycles. The first-order valence-electron chi connectivity index (χ1n) is 14.8. The average molecular weight is 616 g/mol. The van der Waals surface area contributed by atoms with Gasteiger partial charge in [0.15, 0.2) is 12.2 Å². The Hall–Kier alpha value is -4.18. The quantitative estimate of drug-likeness (QED) is 0.356. The van der Waals surface area contributed by atoms with Gasteiger partial charge in [0, 0.05) is 35.2 Å². The van der Waals surface area contributed by atoms with Crippen molar-refractivity contribution < 1.29 is 29.3 Å². The fraction of sp³-hybridized carbons (Fsp3) is 0.324. The van der Waals surface area contributed by atoms with Crippen molar-refractivity contribution in [3.63, 3.8) is 0 Å². The van der Waals surface area contributed by atoms with Gasteiger partial charge < -0.3 is 24.7 Å². The lowest BCUT2D eigenvalue weighted by atomic mass is 9.83. The molecule has 0 aliphatic carbocycles. The van der Waals surface area contributed by atoms with Crippen molar-refractivity contribution in [2.75, 3.05) is 29.6 Å². The van der Waals surface area contributed by atoms with Crippen molar-refractivity contribution in [2.45, 2.75) is 44.4 Å². The summed E-state index contributed by atoms with van der Waals surface area (Å²) in [5, 5.41) is 21.9. The Balaban J connectivity index is 1.21. The number of para-hydroxylation sites is 2. The van der Waals surface area contributed by atoms with E-state index in [-0.39, 0.29) is 44.0 Å². The van der Waals surface area contributed by atoms with Gasteiger partial charge >= 0.3 is 0 Å². The SMILES string of the molecule is C[C@H](/C=C/CC(=O)N1CCC[C@H]1CO)[C@@]1(O)C(=O)N(Cc2ccc(N3C(=O)COc4ccccc43)cc2)c2ccc(Cl)cc21. The molecule has 228 valence electrons. The van der Waals surface area contributed by atoms with Gasteiger partial charge in [0.2, 0.25) is 5.91 Å². The van der Waals surface area contributed by atoms with Crippen molar-refractivity contribution in [1.29, 1.82) is 0 Å². The summed E-state index contributed by atoms with van der Waals surface area (Å²) in [6.07, 6.45) is 5.13. The fourth-order valence-electron chi connectivity index (χ4n) is 6.38. The van der Waals surface area contributed by atoms with E-state index < -0.39 is 17.4 Å². The van der Waals surface area contributed by atoms with E-state index in [0.29, 0.717) is 39.9 Å². The van der Waals surface area contributed by atoms with E-state index in [1.165, 1.54) is 0 Å². The third-order valence-electron chi connectivity index (χ3n) is 8.76. The van der Waals surface area contributed by atoms with E-state index in [9.17, 15) is 24.6 Å². The number of aliphatic hydroxyl groups excluding tert-OH is 1. The Morgan fingerprint density at radius 1 is 1.11 bits per heavy atom. The first-order chi connectivity index (χ1) is 21.2. The van der Waals surface area contributed by atoms with Gasteiger partial charge in [-0.25, -0.2) is 0 Å². The highest BCUT2D eigenvalue weighted by atomic mass is 35.5. The molecule has 10 heteroatoms. The minimum Gasteiger partial charge on any atom is -0.482 e. The number of ether oxygens (including phenoxy) is 1. The molecule has 3 atom stereocenters. The van der Waals surface area contributed by atoms with Crippen LogP contribution < -0.4 is 14.5 Å². The van der Waals surface area contributed by atoms with Gasteiger partial charge in [-0.05, 0) is 60.9 Å². The summed E-state index contributed by atoms with van der Waals surface area (Å²) in [4.78, 5) is 44.3. The van der Waals surface area contributed by atoms with Gasteiger partial charge in [0.1, 0.15) is 5.75 Å². The van der Waals surface area contributed by atoms with Gasteiger partial charge in [-0.15, -0.1) is 0 Å². The van der Waals surface area contributed by atoms with Crippen molar-refractivity contribution in [3.05, 3.63) is 95.0 Å². The van der Waals surface area contributed by atoms with Crippen LogP contribution in [0.25, 0.3) is 0 Å². The van der Waals surface area contributed by atoms with Crippen LogP contribution in [0.4, 0.5) is 17.1 Å². The third-order valence-corrected chi connectivity index (χ3v) is 8.99. The van der Waals surface area contributed by atoms with E-state index in [4.69, 9.17) is 16.3 Å². The number of carbonyl (C=O) groups is 3. The molecule has 1 saturated heterocycles. The van der Waals surface area contributed by atoms with E-state index in [1.807, 2.05) is 48.5 Å². The van der Waals surface area contributed by atoms with Crippen LogP contribution in [0.15, 0.2) is 78.9 Å². The molecule has 0 bridgehead atoms. The highest BCUT2D eigenvalue weighted by molar-refractivity contribution is 6.31. The van der Waals surface area contributed by atoms with E-state index in [1.54, 1.807) is 52.0 Å². The van der Waals surface area contributed by atoms with Gasteiger partial charge in [0.05, 0.1) is 30.6 Å². The maximum Gasteiger partial charge on any atom is 0.269 e. The lowest BCUT2D eigenvalue weighted by Crippen LogP contribution is -2.44. The zero-order valence-electron chi connectivity index (χ0n) is 24.4. The minimum atomic E-state index is -1.88. The number of halogens is 1. The second-order valence-corrected chi connectivity index (χ2v) is 11.9. The molecule has 0 spiro atoms. The highest BCUT2D eigenvalue weighted by Gasteiger charge is 2.52. The van der Waals surface area contributed by atoms with Gasteiger partial charge in [0.25, 0.3) is 11.8 Å². The van der Waals surface area contributed by atoms with Gasteiger partial charge in [-0.3, -0.25) is 19.3 Å². The third kappa shape index (κ3) is 5.25. The second-order valence-electron chi connectivity index (χ2n) is 11.5. The summed E-state index contributed by atoms with van der Waals surface area (Å²) in [7, 11) is 0. The topological polar surface area (TPSA) is 111 Å². The molecule has 0 aromatic heterocycles. The number of carbonyl (C=O) groups excluding carboxylic acids is 3. The number of anilines is 3. The molecular weight excluding hydrogens is 582 g/mol. The summed E-state index contributed by atoms with van der Waals surface area (Å²) in [6, 6.07) is 19.6. The van der Waals surface area contributed by atoms with Crippen molar-refractivity contribution in [2.24, 2.45) is 5.92 Å². The highest BCUT2D eigenvalue weighted by Crippen LogP contribution is 2.47. The molecule has 0 unspecified atom stereocenters. The number of fused-ring (bicyclic) bond motifs is 2. The second kappa shape index (κ2) is 12.1. The van der Waals surface area contributed by atoms with Crippen LogP contribution in [-0.2, 0) is 26.5 Å². The van der Waals surface area contributed by atoms with Crippen LogP contribution in [0.1, 0.15) is 37.3 Å². The van der Waals surface area contributed by atoms with Gasteiger partial charge in [-0.2, -0.15) is 0 Å². The Labute approximate surface area is 260 Å². The fourth-order valence-corrected chi connectivity index (χ4v) is 6.55. The number of amides is 3. The van der Waals surface area contributed by atoms with Crippen LogP contribution in [0, 0.1) is 5.92 Å². The Kier molecular flexibility index (Phi) is 8.20. The molecule has 3 aromatic rings. The molecule has 3 heterocycles. The monoisotopic (exact) mass is 615 g/mol. The first kappa shape index (κ1) is 29.9. The number of rotatable bonds is 8. The predicted molar refractivity (Wildman–Crippen MR) is 167 cm³/mol. The molecular formula is C34H34ClN3O6. The number of hydrogen-bond acceptors (Lipinski definition) is 6. The number of aliphatic hydroxyl groups is 2. The summed E-state index contributed by atoms with van der Waals surface area (Å²) < 4.78 is 5.56. The van der Waals surface area contributed by atoms with E-state index >= 15 is 0 Å². The number of nitrogens with zero attached hydrogens (tertiary/aromatic N) is 3. The summed E-state index contributed by atoms with van der Waals surface area (Å²) in [5.41, 5.74) is 1.23. The molecule has 0 saturated carbocycles. The molecule has 3 aliphatic rings. The maximum atomic E-state index is 14.0. The standard InChI is InChI=1S/C34H34ClN3O6/c1-22(6-4-10-31(40)36-17-5-7-26(36)20-39)34(43)27-18-24(35)13-16-28(27)37(33(34)42)19-23-11-14-25(15-12-23)38-29-8-2-3-9-30(29)44-21-32(38)41/h2-4,6,8-9,11-16,18,22,26,39,43H,5,7,10,17,19-21H2,1H3/b6-4+/t22-,26+,34+/m1/s1. The van der Waals surface area contributed by atoms with E-state index in [2.05, 4.69) is 0 Å². The average Bonchev–Trinajstić information content (AvgIpc) is 3.59. The summed E-state index contributed by atoms with van der Waals surface area (Å²) in [5.74, 6) is -0.789. The zero-order chi connectivity index (χ0) is 31.0. The van der Waals surface area contributed by atoms with Crippen LogP contribution >= 0.6 is 11.6 Å².